The van der Waals surface area contributed by atoms with E-state index in [1.807, 2.05) is 0 Å². The summed E-state index contributed by atoms with van der Waals surface area (Å²) >= 11 is 0. The maximum Gasteiger partial charge on any atom is 2.00 e. The van der Waals surface area contributed by atoms with E-state index in [2.05, 4.69) is 6.92 Å². The summed E-state index contributed by atoms with van der Waals surface area (Å²) in [4.78, 5) is 0. The van der Waals surface area contributed by atoms with E-state index in [1.54, 1.807) is 0 Å². The molecule has 2 heteroatoms. The van der Waals surface area contributed by atoms with Crippen LogP contribution in [0.2, 0.25) is 0 Å². The SMILES string of the molecule is CC1CCCC(N)C1.[Pt+2]. The van der Waals surface area contributed by atoms with Crippen molar-refractivity contribution in [3.05, 3.63) is 0 Å². The van der Waals surface area contributed by atoms with Crippen molar-refractivity contribution in [3.63, 3.8) is 0 Å². The number of rotatable bonds is 0. The first-order chi connectivity index (χ1) is 3.79. The molecule has 1 fully saturated rings. The third kappa shape index (κ3) is 3.37. The van der Waals surface area contributed by atoms with Gasteiger partial charge in [0.2, 0.25) is 0 Å². The van der Waals surface area contributed by atoms with Gasteiger partial charge < -0.3 is 5.73 Å². The molecule has 1 rings (SSSR count). The van der Waals surface area contributed by atoms with Crippen molar-refractivity contribution in [1.29, 1.82) is 0 Å². The maximum atomic E-state index is 5.73. The summed E-state index contributed by atoms with van der Waals surface area (Å²) < 4.78 is 0. The summed E-state index contributed by atoms with van der Waals surface area (Å²) in [6.07, 6.45) is 5.25. The molecule has 0 aliphatic heterocycles. The van der Waals surface area contributed by atoms with Crippen LogP contribution in [0.5, 0.6) is 0 Å². The van der Waals surface area contributed by atoms with Crippen molar-refractivity contribution < 1.29 is 21.1 Å². The van der Waals surface area contributed by atoms with Crippen molar-refractivity contribution in [3.8, 4) is 0 Å². The van der Waals surface area contributed by atoms with Crippen molar-refractivity contribution in [2.24, 2.45) is 11.7 Å². The molecule has 1 aliphatic rings. The minimum atomic E-state index is 0. The summed E-state index contributed by atoms with van der Waals surface area (Å²) in [5.41, 5.74) is 5.73. The second-order valence-electron chi connectivity index (χ2n) is 3.03. The van der Waals surface area contributed by atoms with Crippen molar-refractivity contribution in [1.82, 2.24) is 0 Å². The van der Waals surface area contributed by atoms with Gasteiger partial charge in [0.05, 0.1) is 0 Å². The Labute approximate surface area is 71.7 Å². The van der Waals surface area contributed by atoms with Crippen LogP contribution in [0.4, 0.5) is 0 Å². The fourth-order valence-corrected chi connectivity index (χ4v) is 1.48. The summed E-state index contributed by atoms with van der Waals surface area (Å²) in [5, 5.41) is 0. The molecule has 9 heavy (non-hydrogen) atoms. The molecule has 56 valence electrons. The predicted molar refractivity (Wildman–Crippen MR) is 35.6 cm³/mol. The van der Waals surface area contributed by atoms with Gasteiger partial charge in [0.25, 0.3) is 0 Å². The molecule has 0 heterocycles. The van der Waals surface area contributed by atoms with Gasteiger partial charge in [-0.1, -0.05) is 19.8 Å². The number of hydrogen-bond donors (Lipinski definition) is 1. The molecule has 1 aliphatic carbocycles. The van der Waals surface area contributed by atoms with E-state index in [4.69, 9.17) is 5.73 Å². The Balaban J connectivity index is 0.000000640. The fraction of sp³-hybridized carbons (Fsp3) is 1.00. The maximum absolute atomic E-state index is 5.73. The minimum Gasteiger partial charge on any atom is -0.328 e. The van der Waals surface area contributed by atoms with E-state index >= 15 is 0 Å². The second kappa shape index (κ2) is 4.46. The molecule has 0 radical (unpaired) electrons. The molecule has 2 atom stereocenters. The van der Waals surface area contributed by atoms with Crippen LogP contribution >= 0.6 is 0 Å². The Morgan fingerprint density at radius 1 is 1.33 bits per heavy atom. The molecular weight excluding hydrogens is 293 g/mol. The largest absolute Gasteiger partial charge is 2.00 e. The van der Waals surface area contributed by atoms with E-state index in [0.29, 0.717) is 6.04 Å². The smallest absolute Gasteiger partial charge is 0.328 e. The Hall–Kier alpha value is 0.648. The normalized spacial score (nSPS) is 35.3. The van der Waals surface area contributed by atoms with Crippen LogP contribution in [0.15, 0.2) is 0 Å². The quantitative estimate of drug-likeness (QED) is 0.721. The molecule has 0 bridgehead atoms. The molecule has 0 aromatic rings. The van der Waals surface area contributed by atoms with Crippen LogP contribution < -0.4 is 5.73 Å². The van der Waals surface area contributed by atoms with Gasteiger partial charge in [-0.25, -0.2) is 0 Å². The van der Waals surface area contributed by atoms with Gasteiger partial charge in [-0.3, -0.25) is 0 Å². The average molecular weight is 308 g/mol. The molecule has 2 N–H and O–H groups in total. The zero-order valence-electron chi connectivity index (χ0n) is 5.88. The molecule has 0 aromatic heterocycles. The van der Waals surface area contributed by atoms with Gasteiger partial charge in [-0.05, 0) is 18.8 Å². The summed E-state index contributed by atoms with van der Waals surface area (Å²) in [5.74, 6) is 0.888. The van der Waals surface area contributed by atoms with Crippen molar-refractivity contribution in [2.75, 3.05) is 0 Å². The summed E-state index contributed by atoms with van der Waals surface area (Å²) in [6.45, 7) is 2.29. The molecule has 0 amide bonds. The zero-order valence-corrected chi connectivity index (χ0v) is 8.15. The van der Waals surface area contributed by atoms with E-state index in [1.165, 1.54) is 25.7 Å². The van der Waals surface area contributed by atoms with Gasteiger partial charge in [-0.15, -0.1) is 0 Å². The number of hydrogen-bond acceptors (Lipinski definition) is 1. The second-order valence-corrected chi connectivity index (χ2v) is 3.03. The van der Waals surface area contributed by atoms with Crippen molar-refractivity contribution in [2.45, 2.75) is 38.6 Å². The van der Waals surface area contributed by atoms with Crippen LogP contribution in [0.3, 0.4) is 0 Å². The van der Waals surface area contributed by atoms with E-state index in [-0.39, 0.29) is 21.1 Å². The standard InChI is InChI=1S/C7H15N.Pt/c1-6-3-2-4-7(8)5-6;/h6-7H,2-5,8H2,1H3;/q;+2. The summed E-state index contributed by atoms with van der Waals surface area (Å²) in [6, 6.07) is 0.513. The fourth-order valence-electron chi connectivity index (χ4n) is 1.48. The summed E-state index contributed by atoms with van der Waals surface area (Å²) in [7, 11) is 0. The molecule has 0 spiro atoms. The van der Waals surface area contributed by atoms with Gasteiger partial charge in [0.1, 0.15) is 0 Å². The van der Waals surface area contributed by atoms with Gasteiger partial charge in [0.15, 0.2) is 0 Å². The predicted octanol–water partition coefficient (Wildman–Crippen LogP) is 1.52. The molecule has 0 aromatic carbocycles. The Morgan fingerprint density at radius 3 is 2.33 bits per heavy atom. The Morgan fingerprint density at radius 2 is 2.00 bits per heavy atom. The molecule has 2 unspecified atom stereocenters. The average Bonchev–Trinajstić information content (AvgIpc) is 1.64. The molecule has 0 saturated heterocycles. The van der Waals surface area contributed by atoms with Crippen LogP contribution in [0.25, 0.3) is 0 Å². The Bertz CT molecular complexity index is 67.3. The van der Waals surface area contributed by atoms with Gasteiger partial charge in [0, 0.05) is 6.04 Å². The van der Waals surface area contributed by atoms with Crippen LogP contribution in [0, 0.1) is 5.92 Å². The van der Waals surface area contributed by atoms with Gasteiger partial charge >= 0.3 is 21.1 Å². The van der Waals surface area contributed by atoms with Crippen LogP contribution in [0.1, 0.15) is 32.6 Å². The molecule has 1 saturated carbocycles. The first kappa shape index (κ1) is 9.65. The third-order valence-corrected chi connectivity index (χ3v) is 1.98. The van der Waals surface area contributed by atoms with Crippen molar-refractivity contribution >= 4 is 0 Å². The third-order valence-electron chi connectivity index (χ3n) is 1.98. The molecular formula is C7H15NPt+2. The van der Waals surface area contributed by atoms with Gasteiger partial charge in [-0.2, -0.15) is 0 Å². The van der Waals surface area contributed by atoms with E-state index in [9.17, 15) is 0 Å². The van der Waals surface area contributed by atoms with Crippen LogP contribution in [-0.2, 0) is 21.1 Å². The first-order valence-corrected chi connectivity index (χ1v) is 3.54. The molecule has 1 nitrogen and oxygen atoms in total. The van der Waals surface area contributed by atoms with E-state index in [0.717, 1.165) is 5.92 Å². The number of nitrogens with two attached hydrogens (primary N) is 1. The van der Waals surface area contributed by atoms with Crippen LogP contribution in [-0.4, -0.2) is 6.04 Å². The Kier molecular flexibility index (Phi) is 4.78. The monoisotopic (exact) mass is 308 g/mol. The first-order valence-electron chi connectivity index (χ1n) is 3.54. The topological polar surface area (TPSA) is 26.0 Å². The zero-order chi connectivity index (χ0) is 5.98. The van der Waals surface area contributed by atoms with E-state index < -0.39 is 0 Å². The minimum absolute atomic E-state index is 0.